The quantitative estimate of drug-likeness (QED) is 0.569. The summed E-state index contributed by atoms with van der Waals surface area (Å²) in [5.74, 6) is 0.545. The third-order valence-corrected chi connectivity index (χ3v) is 5.04. The number of nitrogens with zero attached hydrogens (tertiary/aromatic N) is 2. The minimum absolute atomic E-state index is 0.118. The molecule has 7 heteroatoms. The average Bonchev–Trinajstić information content (AvgIpc) is 2.52. The molecule has 0 spiro atoms. The lowest BCUT2D eigenvalue weighted by atomic mass is 9.87. The summed E-state index contributed by atoms with van der Waals surface area (Å²) in [5, 5.41) is 2.74. The number of rotatable bonds is 3. The van der Waals surface area contributed by atoms with Crippen LogP contribution in [0.2, 0.25) is 0 Å². The molecular weight excluding hydrogens is 425 g/mol. The second-order valence-corrected chi connectivity index (χ2v) is 7.16. The van der Waals surface area contributed by atoms with Gasteiger partial charge in [-0.2, -0.15) is 0 Å². The van der Waals surface area contributed by atoms with Crippen LogP contribution in [0.15, 0.2) is 29.1 Å². The van der Waals surface area contributed by atoms with Crippen LogP contribution in [0.1, 0.15) is 42.6 Å². The highest BCUT2D eigenvalue weighted by Crippen LogP contribution is 2.34. The van der Waals surface area contributed by atoms with Crippen molar-refractivity contribution in [1.29, 1.82) is 0 Å². The summed E-state index contributed by atoms with van der Waals surface area (Å²) in [5.41, 5.74) is 1.25. The van der Waals surface area contributed by atoms with Gasteiger partial charge in [0.05, 0.1) is 5.56 Å². The second-order valence-electron chi connectivity index (χ2n) is 5.51. The number of carbonyl (C=O) groups is 1. The van der Waals surface area contributed by atoms with Crippen molar-refractivity contribution >= 4 is 47.1 Å². The molecule has 1 unspecified atom stereocenters. The molecule has 1 aromatic heterocycles. The minimum Gasteiger partial charge on any atom is -0.310 e. The first kappa shape index (κ1) is 16.5. The van der Waals surface area contributed by atoms with E-state index in [9.17, 15) is 9.59 Å². The third-order valence-electron chi connectivity index (χ3n) is 3.91. The molecule has 1 atom stereocenters. The fourth-order valence-corrected chi connectivity index (χ4v) is 3.43. The summed E-state index contributed by atoms with van der Waals surface area (Å²) < 4.78 is 2.41. The molecule has 0 bridgehead atoms. The topological polar surface area (TPSA) is 64.0 Å². The molecule has 23 heavy (non-hydrogen) atoms. The molecule has 2 aromatic rings. The van der Waals surface area contributed by atoms with Gasteiger partial charge in [0.15, 0.2) is 0 Å². The van der Waals surface area contributed by atoms with Crippen LogP contribution < -0.4 is 10.9 Å². The van der Waals surface area contributed by atoms with E-state index in [1.807, 2.05) is 31.2 Å². The Labute approximate surface area is 153 Å². The van der Waals surface area contributed by atoms with Crippen molar-refractivity contribution in [2.75, 3.05) is 5.32 Å². The number of carbonyl (C=O) groups excluding carboxylic acids is 1. The first-order valence-electron chi connectivity index (χ1n) is 7.41. The number of hydrogen-bond acceptors (Lipinski definition) is 4. The van der Waals surface area contributed by atoms with Crippen LogP contribution in [-0.2, 0) is 11.2 Å². The Hall–Kier alpha value is -1.35. The Balaban J connectivity index is 2.17. The number of aryl methyl sites for hydroxylation is 1. The molecule has 2 heterocycles. The highest BCUT2D eigenvalue weighted by atomic mass is 127. The minimum atomic E-state index is -0.287. The summed E-state index contributed by atoms with van der Waals surface area (Å²) in [6, 6.07) is 7.86. The van der Waals surface area contributed by atoms with E-state index in [1.165, 1.54) is 3.97 Å². The van der Waals surface area contributed by atoms with Crippen molar-refractivity contribution in [2.24, 2.45) is 0 Å². The summed E-state index contributed by atoms with van der Waals surface area (Å²) in [4.78, 5) is 29.3. The van der Waals surface area contributed by atoms with E-state index in [-0.39, 0.29) is 23.8 Å². The highest BCUT2D eigenvalue weighted by Gasteiger charge is 2.31. The molecule has 5 nitrogen and oxygen atoms in total. The van der Waals surface area contributed by atoms with Gasteiger partial charge in [-0.15, -0.1) is 0 Å². The number of hydrogen-bond donors (Lipinski definition) is 2. The number of amides is 1. The number of nitrogens with one attached hydrogen (secondary N) is 1. The van der Waals surface area contributed by atoms with E-state index in [0.717, 1.165) is 15.6 Å². The van der Waals surface area contributed by atoms with Gasteiger partial charge >= 0.3 is 0 Å². The van der Waals surface area contributed by atoms with E-state index >= 15 is 0 Å². The van der Waals surface area contributed by atoms with E-state index in [4.69, 9.17) is 0 Å². The van der Waals surface area contributed by atoms with Gasteiger partial charge in [-0.05, 0) is 46.7 Å². The molecule has 0 radical (unpaired) electrons. The van der Waals surface area contributed by atoms with Gasteiger partial charge in [0.2, 0.25) is 5.91 Å². The van der Waals surface area contributed by atoms with Crippen LogP contribution in [-0.4, -0.2) is 14.9 Å². The van der Waals surface area contributed by atoms with E-state index in [1.54, 1.807) is 0 Å². The van der Waals surface area contributed by atoms with Gasteiger partial charge in [0.25, 0.3) is 5.56 Å². The lowest BCUT2D eigenvalue weighted by molar-refractivity contribution is -0.116. The fourth-order valence-electron chi connectivity index (χ4n) is 2.81. The fraction of sp³-hybridized carbons (Fsp3) is 0.312. The van der Waals surface area contributed by atoms with Crippen LogP contribution in [0.4, 0.5) is 5.82 Å². The zero-order valence-corrected chi connectivity index (χ0v) is 15.6. The van der Waals surface area contributed by atoms with Crippen LogP contribution in [0, 0.1) is 3.57 Å². The summed E-state index contributed by atoms with van der Waals surface area (Å²) in [6.45, 7) is 2.01. The number of anilines is 1. The van der Waals surface area contributed by atoms with Gasteiger partial charge in [0.1, 0.15) is 11.6 Å². The monoisotopic (exact) mass is 441 g/mol. The summed E-state index contributed by atoms with van der Waals surface area (Å²) in [6.07, 6.45) is 1.72. The first-order valence-corrected chi connectivity index (χ1v) is 8.89. The average molecular weight is 441 g/mol. The summed E-state index contributed by atoms with van der Waals surface area (Å²) in [7, 11) is 0. The molecule has 1 aromatic carbocycles. The van der Waals surface area contributed by atoms with Crippen LogP contribution >= 0.6 is 35.4 Å². The maximum Gasteiger partial charge on any atom is 0.269 e. The molecule has 1 aliphatic heterocycles. The Morgan fingerprint density at radius 3 is 2.70 bits per heavy atom. The molecule has 0 aliphatic carbocycles. The van der Waals surface area contributed by atoms with Gasteiger partial charge in [-0.1, -0.05) is 31.9 Å². The number of aromatic nitrogens is 2. The maximum absolute atomic E-state index is 12.8. The number of fused-ring (bicyclic) bond motifs is 1. The van der Waals surface area contributed by atoms with Crippen LogP contribution in [0.25, 0.3) is 0 Å². The molecule has 1 N–H and O–H groups in total. The molecule has 120 valence electrons. The lowest BCUT2D eigenvalue weighted by Crippen LogP contribution is -2.34. The van der Waals surface area contributed by atoms with Gasteiger partial charge in [-0.25, -0.2) is 8.96 Å². The first-order chi connectivity index (χ1) is 11.0. The van der Waals surface area contributed by atoms with Crippen molar-refractivity contribution in [1.82, 2.24) is 8.96 Å². The molecular formula is C16H16IN3O2S. The number of thiol groups is 1. The van der Waals surface area contributed by atoms with Crippen molar-refractivity contribution in [2.45, 2.75) is 32.1 Å². The van der Waals surface area contributed by atoms with Crippen molar-refractivity contribution in [3.05, 3.63) is 55.1 Å². The predicted molar refractivity (Wildman–Crippen MR) is 101 cm³/mol. The van der Waals surface area contributed by atoms with E-state index in [2.05, 4.69) is 45.7 Å². The number of halogens is 1. The predicted octanol–water partition coefficient (Wildman–Crippen LogP) is 2.97. The molecule has 0 saturated carbocycles. The summed E-state index contributed by atoms with van der Waals surface area (Å²) >= 11 is 6.53. The maximum atomic E-state index is 12.8. The molecule has 0 saturated heterocycles. The number of benzene rings is 1. The normalized spacial score (nSPS) is 16.8. The zero-order chi connectivity index (χ0) is 16.6. The Kier molecular flexibility index (Phi) is 4.77. The van der Waals surface area contributed by atoms with E-state index < -0.39 is 0 Å². The molecule has 1 aliphatic rings. The molecule has 3 rings (SSSR count). The molecule has 1 amide bonds. The van der Waals surface area contributed by atoms with Gasteiger partial charge < -0.3 is 5.32 Å². The molecule has 0 fully saturated rings. The van der Waals surface area contributed by atoms with Crippen molar-refractivity contribution in [3.8, 4) is 0 Å². The van der Waals surface area contributed by atoms with Gasteiger partial charge in [0, 0.05) is 22.3 Å². The van der Waals surface area contributed by atoms with Crippen molar-refractivity contribution < 1.29 is 4.79 Å². The van der Waals surface area contributed by atoms with Crippen molar-refractivity contribution in [3.63, 3.8) is 0 Å². The lowest BCUT2D eigenvalue weighted by Gasteiger charge is -2.25. The standard InChI is InChI=1S/C16H16IN3O2S/c1-2-3-12-18-15-14(16(22)20(12)23)11(8-13(21)19-15)9-4-6-10(17)7-5-9/h4-7,11,23H,2-3,8H2,1H3,(H,19,21). The zero-order valence-electron chi connectivity index (χ0n) is 12.5. The SMILES string of the molecule is CCCc1nc2c(c(=O)n1S)C(c1ccc(I)cc1)CC(=O)N2. The van der Waals surface area contributed by atoms with Crippen LogP contribution in [0.3, 0.4) is 0 Å². The third kappa shape index (κ3) is 3.16. The Bertz CT molecular complexity index is 817. The Morgan fingerprint density at radius 2 is 2.04 bits per heavy atom. The van der Waals surface area contributed by atoms with E-state index in [0.29, 0.717) is 23.6 Å². The van der Waals surface area contributed by atoms with Gasteiger partial charge in [-0.3, -0.25) is 9.59 Å². The highest BCUT2D eigenvalue weighted by molar-refractivity contribution is 14.1. The smallest absolute Gasteiger partial charge is 0.269 e. The van der Waals surface area contributed by atoms with Crippen LogP contribution in [0.5, 0.6) is 0 Å². The second kappa shape index (κ2) is 6.64. The largest absolute Gasteiger partial charge is 0.310 e. The Morgan fingerprint density at radius 1 is 1.35 bits per heavy atom.